The van der Waals surface area contributed by atoms with Gasteiger partial charge >= 0.3 is 5.97 Å². The summed E-state index contributed by atoms with van der Waals surface area (Å²) in [5.74, 6) is -4.62. The summed E-state index contributed by atoms with van der Waals surface area (Å²) in [7, 11) is 0. The van der Waals surface area contributed by atoms with Crippen molar-refractivity contribution >= 4 is 45.8 Å². The Labute approximate surface area is 246 Å². The standard InChI is InChI=1S/C29H24F3N7O3S/c1-28(2,27(41)42)10-13-12-43-26(34-13)29(3)19-22(33)35-24(36-23(19)37-25(29)40)21-14-6-4-5-7-18(14)39(38-21)11-15-16(30)8-9-17(31)20(15)32/h4-9,12H,10-11H2,1-3H3,(H,41,42)(H3,33,35,36,37,40)/t29-/m0/s1. The Bertz CT molecular complexity index is 1970. The molecular weight excluding hydrogens is 583 g/mol. The molecule has 5 aromatic rings. The quantitative estimate of drug-likeness (QED) is 0.221. The lowest BCUT2D eigenvalue weighted by molar-refractivity contribution is -0.146. The first-order valence-electron chi connectivity index (χ1n) is 13.1. The third-order valence-electron chi connectivity index (χ3n) is 7.62. The fourth-order valence-electron chi connectivity index (χ4n) is 5.14. The van der Waals surface area contributed by atoms with Gasteiger partial charge in [0.15, 0.2) is 17.5 Å². The number of carbonyl (C=O) groups excluding carboxylic acids is 1. The number of anilines is 2. The van der Waals surface area contributed by atoms with Crippen LogP contribution in [0.4, 0.5) is 24.8 Å². The highest BCUT2D eigenvalue weighted by atomic mass is 32.1. The lowest BCUT2D eigenvalue weighted by atomic mass is 9.85. The lowest BCUT2D eigenvalue weighted by Crippen LogP contribution is -2.33. The van der Waals surface area contributed by atoms with Crippen LogP contribution in [0.25, 0.3) is 22.4 Å². The van der Waals surface area contributed by atoms with E-state index in [0.29, 0.717) is 33.2 Å². The number of benzene rings is 2. The van der Waals surface area contributed by atoms with Gasteiger partial charge in [-0.2, -0.15) is 5.10 Å². The Morgan fingerprint density at radius 3 is 2.58 bits per heavy atom. The second-order valence-electron chi connectivity index (χ2n) is 11.1. The largest absolute Gasteiger partial charge is 0.481 e. The van der Waals surface area contributed by atoms with E-state index in [4.69, 9.17) is 5.73 Å². The van der Waals surface area contributed by atoms with Crippen LogP contribution in [0.1, 0.15) is 42.6 Å². The van der Waals surface area contributed by atoms with Crippen LogP contribution in [0.2, 0.25) is 0 Å². The summed E-state index contributed by atoms with van der Waals surface area (Å²) in [6.45, 7) is 4.43. The predicted octanol–water partition coefficient (Wildman–Crippen LogP) is 4.91. The second kappa shape index (κ2) is 9.87. The number of carboxylic acid groups (broad SMARTS) is 1. The minimum Gasteiger partial charge on any atom is -0.481 e. The minimum atomic E-state index is -1.35. The number of nitrogens with one attached hydrogen (secondary N) is 1. The average molecular weight is 608 g/mol. The number of nitrogens with two attached hydrogens (primary N) is 1. The number of aromatic nitrogens is 5. The van der Waals surface area contributed by atoms with Crippen LogP contribution >= 0.6 is 11.3 Å². The van der Waals surface area contributed by atoms with Gasteiger partial charge in [-0.3, -0.25) is 14.3 Å². The number of nitrogen functional groups attached to an aromatic ring is 1. The molecule has 0 unspecified atom stereocenters. The summed E-state index contributed by atoms with van der Waals surface area (Å²) in [5.41, 5.74) is 5.10. The molecule has 0 spiro atoms. The van der Waals surface area contributed by atoms with Crippen molar-refractivity contribution in [2.75, 3.05) is 11.1 Å². The van der Waals surface area contributed by atoms with Gasteiger partial charge in [0.2, 0.25) is 5.91 Å². The number of carboxylic acids is 1. The molecule has 10 nitrogen and oxygen atoms in total. The first-order valence-corrected chi connectivity index (χ1v) is 13.9. The van der Waals surface area contributed by atoms with Crippen molar-refractivity contribution in [3.05, 3.63) is 81.1 Å². The number of aliphatic carboxylic acids is 1. The lowest BCUT2D eigenvalue weighted by Gasteiger charge is -2.20. The SMILES string of the molecule is CC(C)(Cc1csc([C@]2(C)C(=O)Nc3nc(-c4nn(Cc5c(F)ccc(F)c5F)c5ccccc45)nc(N)c32)n1)C(=O)O. The van der Waals surface area contributed by atoms with Crippen molar-refractivity contribution < 1.29 is 27.9 Å². The Kier molecular flexibility index (Phi) is 6.49. The van der Waals surface area contributed by atoms with Gasteiger partial charge in [0.25, 0.3) is 0 Å². The first kappa shape index (κ1) is 28.3. The molecule has 1 aliphatic rings. The maximum atomic E-state index is 14.5. The molecule has 4 heterocycles. The highest BCUT2D eigenvalue weighted by Crippen LogP contribution is 2.46. The number of rotatable bonds is 7. The van der Waals surface area contributed by atoms with Crippen molar-refractivity contribution in [1.82, 2.24) is 24.7 Å². The van der Waals surface area contributed by atoms with Crippen LogP contribution < -0.4 is 11.1 Å². The smallest absolute Gasteiger partial charge is 0.309 e. The Balaban J connectivity index is 1.41. The highest BCUT2D eigenvalue weighted by Gasteiger charge is 2.50. The third-order valence-corrected chi connectivity index (χ3v) is 8.73. The molecule has 1 aliphatic heterocycles. The van der Waals surface area contributed by atoms with Crippen LogP contribution in [-0.2, 0) is 28.0 Å². The molecule has 1 atom stereocenters. The number of amides is 1. The van der Waals surface area contributed by atoms with Crippen molar-refractivity contribution in [1.29, 1.82) is 0 Å². The van der Waals surface area contributed by atoms with Crippen LogP contribution in [0.3, 0.4) is 0 Å². The molecule has 0 saturated carbocycles. The van der Waals surface area contributed by atoms with E-state index in [-0.39, 0.29) is 29.6 Å². The monoisotopic (exact) mass is 607 g/mol. The van der Waals surface area contributed by atoms with Crippen LogP contribution in [0.5, 0.6) is 0 Å². The second-order valence-corrected chi connectivity index (χ2v) is 11.9. The Morgan fingerprint density at radius 2 is 1.84 bits per heavy atom. The summed E-state index contributed by atoms with van der Waals surface area (Å²) >= 11 is 1.20. The van der Waals surface area contributed by atoms with Gasteiger partial charge in [-0.25, -0.2) is 28.1 Å². The zero-order valence-electron chi connectivity index (χ0n) is 23.1. The van der Waals surface area contributed by atoms with Crippen molar-refractivity contribution in [2.45, 2.75) is 39.2 Å². The summed E-state index contributed by atoms with van der Waals surface area (Å²) in [5, 5.41) is 19.4. The van der Waals surface area contributed by atoms with E-state index in [0.717, 1.165) is 6.07 Å². The maximum Gasteiger partial charge on any atom is 0.309 e. The number of hydrogen-bond donors (Lipinski definition) is 3. The number of nitrogens with zero attached hydrogens (tertiary/aromatic N) is 5. The van der Waals surface area contributed by atoms with Gasteiger partial charge < -0.3 is 16.2 Å². The number of fused-ring (bicyclic) bond motifs is 2. The summed E-state index contributed by atoms with van der Waals surface area (Å²) < 4.78 is 44.1. The molecule has 0 fully saturated rings. The van der Waals surface area contributed by atoms with Crippen molar-refractivity contribution in [2.24, 2.45) is 5.41 Å². The van der Waals surface area contributed by atoms with Gasteiger partial charge in [-0.1, -0.05) is 18.2 Å². The van der Waals surface area contributed by atoms with E-state index in [9.17, 15) is 27.9 Å². The fourth-order valence-corrected chi connectivity index (χ4v) is 6.12. The highest BCUT2D eigenvalue weighted by molar-refractivity contribution is 7.10. The van der Waals surface area contributed by atoms with E-state index in [1.807, 2.05) is 0 Å². The van der Waals surface area contributed by atoms with Gasteiger partial charge in [0, 0.05) is 22.8 Å². The summed E-state index contributed by atoms with van der Waals surface area (Å²) in [6.07, 6.45) is 0.160. The molecule has 0 bridgehead atoms. The van der Waals surface area contributed by atoms with Crippen LogP contribution in [0, 0.1) is 22.9 Å². The molecular formula is C29H24F3N7O3S. The molecule has 0 aliphatic carbocycles. The molecule has 14 heteroatoms. The average Bonchev–Trinajstić information content (AvgIpc) is 3.64. The molecule has 2 aromatic carbocycles. The van der Waals surface area contributed by atoms with E-state index in [1.165, 1.54) is 16.0 Å². The zero-order chi connectivity index (χ0) is 30.8. The van der Waals surface area contributed by atoms with Crippen LogP contribution in [0.15, 0.2) is 41.8 Å². The number of carbonyl (C=O) groups is 2. The maximum absolute atomic E-state index is 14.5. The Morgan fingerprint density at radius 1 is 1.12 bits per heavy atom. The van der Waals surface area contributed by atoms with Gasteiger partial charge in [-0.05, 0) is 39.0 Å². The normalized spacial score (nSPS) is 16.5. The number of halogens is 3. The van der Waals surface area contributed by atoms with Gasteiger partial charge in [0.1, 0.15) is 33.6 Å². The summed E-state index contributed by atoms with van der Waals surface area (Å²) in [6, 6.07) is 8.42. The number of para-hydroxylation sites is 1. The number of thiazole rings is 1. The molecule has 4 N–H and O–H groups in total. The molecule has 0 saturated heterocycles. The van der Waals surface area contributed by atoms with Crippen molar-refractivity contribution in [3.63, 3.8) is 0 Å². The minimum absolute atomic E-state index is 0.00989. The molecule has 6 rings (SSSR count). The fraction of sp³-hybridized carbons (Fsp3) is 0.241. The van der Waals surface area contributed by atoms with Gasteiger partial charge in [0.05, 0.1) is 28.7 Å². The number of hydrogen-bond acceptors (Lipinski definition) is 8. The van der Waals surface area contributed by atoms with E-state index in [2.05, 4.69) is 25.4 Å². The summed E-state index contributed by atoms with van der Waals surface area (Å²) in [4.78, 5) is 38.6. The first-order chi connectivity index (χ1) is 20.3. The van der Waals surface area contributed by atoms with E-state index < -0.39 is 52.3 Å². The third kappa shape index (κ3) is 4.49. The van der Waals surface area contributed by atoms with E-state index in [1.54, 1.807) is 50.4 Å². The van der Waals surface area contributed by atoms with Crippen molar-refractivity contribution in [3.8, 4) is 11.5 Å². The van der Waals surface area contributed by atoms with Crippen LogP contribution in [-0.4, -0.2) is 41.7 Å². The van der Waals surface area contributed by atoms with Gasteiger partial charge in [-0.15, -0.1) is 11.3 Å². The molecule has 3 aromatic heterocycles. The molecule has 220 valence electrons. The molecule has 43 heavy (non-hydrogen) atoms. The van der Waals surface area contributed by atoms with E-state index >= 15 is 0 Å². The molecule has 1 amide bonds. The zero-order valence-corrected chi connectivity index (χ0v) is 23.9. The topological polar surface area (TPSA) is 149 Å². The molecule has 0 radical (unpaired) electrons. The predicted molar refractivity (Wildman–Crippen MR) is 153 cm³/mol. The Hall–Kier alpha value is -4.85.